The molecule has 0 aliphatic carbocycles. The number of aliphatic imine (C=N–C) groups is 1. The fourth-order valence-corrected chi connectivity index (χ4v) is 1.99. The smallest absolute Gasteiger partial charge is 0.119 e. The van der Waals surface area contributed by atoms with Crippen molar-refractivity contribution < 1.29 is 4.74 Å². The van der Waals surface area contributed by atoms with Gasteiger partial charge in [0.1, 0.15) is 12.4 Å². The highest BCUT2D eigenvalue weighted by Gasteiger charge is 1.97. The Bertz CT molecular complexity index is 597. The third-order valence-electron chi connectivity index (χ3n) is 3.38. The largest absolute Gasteiger partial charge is 0.489 e. The Hall–Kier alpha value is -2.35. The molecule has 0 atom stereocenters. The van der Waals surface area contributed by atoms with E-state index >= 15 is 0 Å². The van der Waals surface area contributed by atoms with Gasteiger partial charge in [0.25, 0.3) is 0 Å². The van der Waals surface area contributed by atoms with Crippen molar-refractivity contribution in [2.24, 2.45) is 4.99 Å². The maximum atomic E-state index is 5.79. The molecule has 0 amide bonds. The SMILES string of the molecule is C=Cc1ccc(COc2ccc(/C=N\CCCC)cc2)cc1. The highest BCUT2D eigenvalue weighted by Crippen LogP contribution is 2.14. The first-order valence-corrected chi connectivity index (χ1v) is 7.76. The summed E-state index contributed by atoms with van der Waals surface area (Å²) in [5, 5.41) is 0. The summed E-state index contributed by atoms with van der Waals surface area (Å²) in [4.78, 5) is 4.40. The molecule has 0 saturated heterocycles. The standard InChI is InChI=1S/C20H23NO/c1-3-5-14-21-15-18-10-12-20(13-11-18)22-16-19-8-6-17(4-2)7-9-19/h4,6-13,15H,2-3,5,14,16H2,1H3/b21-15-. The van der Waals surface area contributed by atoms with Gasteiger partial charge in [0.05, 0.1) is 0 Å². The van der Waals surface area contributed by atoms with Crippen LogP contribution >= 0.6 is 0 Å². The molecule has 0 radical (unpaired) electrons. The Labute approximate surface area is 133 Å². The van der Waals surface area contributed by atoms with Gasteiger partial charge in [-0.3, -0.25) is 4.99 Å². The van der Waals surface area contributed by atoms with Gasteiger partial charge < -0.3 is 4.74 Å². The van der Waals surface area contributed by atoms with Gasteiger partial charge in [0.2, 0.25) is 0 Å². The van der Waals surface area contributed by atoms with E-state index in [1.807, 2.05) is 48.7 Å². The Balaban J connectivity index is 1.85. The third-order valence-corrected chi connectivity index (χ3v) is 3.38. The summed E-state index contributed by atoms with van der Waals surface area (Å²) in [7, 11) is 0. The summed E-state index contributed by atoms with van der Waals surface area (Å²) in [5.74, 6) is 0.874. The molecule has 0 heterocycles. The Morgan fingerprint density at radius 1 is 1.00 bits per heavy atom. The lowest BCUT2D eigenvalue weighted by Gasteiger charge is -2.07. The van der Waals surface area contributed by atoms with Crippen molar-refractivity contribution in [1.29, 1.82) is 0 Å². The van der Waals surface area contributed by atoms with Gasteiger partial charge >= 0.3 is 0 Å². The van der Waals surface area contributed by atoms with E-state index < -0.39 is 0 Å². The molecular weight excluding hydrogens is 270 g/mol. The predicted octanol–water partition coefficient (Wildman–Crippen LogP) is 5.13. The van der Waals surface area contributed by atoms with Crippen molar-refractivity contribution in [3.8, 4) is 5.75 Å². The van der Waals surface area contributed by atoms with Gasteiger partial charge in [0, 0.05) is 12.8 Å². The van der Waals surface area contributed by atoms with Crippen molar-refractivity contribution in [3.63, 3.8) is 0 Å². The molecule has 0 aliphatic heterocycles. The van der Waals surface area contributed by atoms with E-state index in [0.29, 0.717) is 6.61 Å². The van der Waals surface area contributed by atoms with Gasteiger partial charge in [-0.2, -0.15) is 0 Å². The summed E-state index contributed by atoms with van der Waals surface area (Å²) < 4.78 is 5.79. The Kier molecular flexibility index (Phi) is 6.43. The number of nitrogens with zero attached hydrogens (tertiary/aromatic N) is 1. The zero-order chi connectivity index (χ0) is 15.6. The van der Waals surface area contributed by atoms with Crippen LogP contribution in [-0.2, 0) is 6.61 Å². The molecule has 2 aromatic rings. The van der Waals surface area contributed by atoms with Crippen LogP contribution in [0.5, 0.6) is 5.75 Å². The van der Waals surface area contributed by atoms with Crippen LogP contribution in [0.4, 0.5) is 0 Å². The van der Waals surface area contributed by atoms with Crippen LogP contribution < -0.4 is 4.74 Å². The molecule has 2 aromatic carbocycles. The van der Waals surface area contributed by atoms with Crippen molar-refractivity contribution in [3.05, 3.63) is 71.8 Å². The molecule has 0 fully saturated rings. The quantitative estimate of drug-likeness (QED) is 0.488. The first-order chi connectivity index (χ1) is 10.8. The lowest BCUT2D eigenvalue weighted by molar-refractivity contribution is 0.306. The first-order valence-electron chi connectivity index (χ1n) is 7.76. The highest BCUT2D eigenvalue weighted by molar-refractivity contribution is 5.79. The van der Waals surface area contributed by atoms with Crippen LogP contribution in [0.1, 0.15) is 36.5 Å². The van der Waals surface area contributed by atoms with Gasteiger partial charge in [-0.1, -0.05) is 50.3 Å². The van der Waals surface area contributed by atoms with Crippen LogP contribution in [0.3, 0.4) is 0 Å². The number of hydrogen-bond acceptors (Lipinski definition) is 2. The molecule has 0 unspecified atom stereocenters. The van der Waals surface area contributed by atoms with Crippen LogP contribution in [-0.4, -0.2) is 12.8 Å². The second kappa shape index (κ2) is 8.83. The van der Waals surface area contributed by atoms with Crippen molar-refractivity contribution in [2.45, 2.75) is 26.4 Å². The molecule has 2 nitrogen and oxygen atoms in total. The van der Waals surface area contributed by atoms with Gasteiger partial charge in [0.15, 0.2) is 0 Å². The molecule has 2 rings (SSSR count). The second-order valence-corrected chi connectivity index (χ2v) is 5.19. The fourth-order valence-electron chi connectivity index (χ4n) is 1.99. The van der Waals surface area contributed by atoms with Crippen LogP contribution in [0.2, 0.25) is 0 Å². The molecule has 0 saturated carbocycles. The number of ether oxygens (including phenoxy) is 1. The van der Waals surface area contributed by atoms with E-state index in [4.69, 9.17) is 4.74 Å². The second-order valence-electron chi connectivity index (χ2n) is 5.19. The van der Waals surface area contributed by atoms with Gasteiger partial charge in [-0.05, 0) is 47.4 Å². The van der Waals surface area contributed by atoms with E-state index in [-0.39, 0.29) is 0 Å². The normalized spacial score (nSPS) is 10.8. The molecule has 22 heavy (non-hydrogen) atoms. The Morgan fingerprint density at radius 2 is 1.68 bits per heavy atom. The molecule has 2 heteroatoms. The highest BCUT2D eigenvalue weighted by atomic mass is 16.5. The van der Waals surface area contributed by atoms with E-state index in [1.165, 1.54) is 6.42 Å². The number of benzene rings is 2. The minimum absolute atomic E-state index is 0.571. The number of hydrogen-bond donors (Lipinski definition) is 0. The predicted molar refractivity (Wildman–Crippen MR) is 94.7 cm³/mol. The van der Waals surface area contributed by atoms with Gasteiger partial charge in [-0.25, -0.2) is 0 Å². The Morgan fingerprint density at radius 3 is 2.32 bits per heavy atom. The summed E-state index contributed by atoms with van der Waals surface area (Å²) >= 11 is 0. The molecule has 0 spiro atoms. The van der Waals surface area contributed by atoms with Crippen molar-refractivity contribution in [1.82, 2.24) is 0 Å². The molecule has 0 aromatic heterocycles. The van der Waals surface area contributed by atoms with E-state index in [1.54, 1.807) is 0 Å². The van der Waals surface area contributed by atoms with Crippen LogP contribution in [0.15, 0.2) is 60.1 Å². The average molecular weight is 293 g/mol. The maximum Gasteiger partial charge on any atom is 0.119 e. The van der Waals surface area contributed by atoms with Crippen molar-refractivity contribution in [2.75, 3.05) is 6.54 Å². The summed E-state index contributed by atoms with van der Waals surface area (Å²) in [6, 6.07) is 16.2. The van der Waals surface area contributed by atoms with Crippen LogP contribution in [0.25, 0.3) is 6.08 Å². The maximum absolute atomic E-state index is 5.79. The third kappa shape index (κ3) is 5.21. The molecule has 0 aliphatic rings. The number of unbranched alkanes of at least 4 members (excludes halogenated alkanes) is 1. The lowest BCUT2D eigenvalue weighted by Crippen LogP contribution is -1.95. The molecule has 0 N–H and O–H groups in total. The molecular formula is C20H23NO. The minimum atomic E-state index is 0.571. The topological polar surface area (TPSA) is 21.6 Å². The number of rotatable bonds is 8. The zero-order valence-electron chi connectivity index (χ0n) is 13.2. The first kappa shape index (κ1) is 16.0. The average Bonchev–Trinajstić information content (AvgIpc) is 2.58. The lowest BCUT2D eigenvalue weighted by atomic mass is 10.1. The zero-order valence-corrected chi connectivity index (χ0v) is 13.2. The van der Waals surface area contributed by atoms with E-state index in [0.717, 1.165) is 35.4 Å². The summed E-state index contributed by atoms with van der Waals surface area (Å²) in [6.07, 6.45) is 6.08. The van der Waals surface area contributed by atoms with Gasteiger partial charge in [-0.15, -0.1) is 0 Å². The fraction of sp³-hybridized carbons (Fsp3) is 0.250. The summed E-state index contributed by atoms with van der Waals surface area (Å²) in [5.41, 5.74) is 3.38. The monoisotopic (exact) mass is 293 g/mol. The molecule has 114 valence electrons. The van der Waals surface area contributed by atoms with E-state index in [9.17, 15) is 0 Å². The minimum Gasteiger partial charge on any atom is -0.489 e. The molecule has 0 bridgehead atoms. The van der Waals surface area contributed by atoms with Crippen LogP contribution in [0, 0.1) is 0 Å². The van der Waals surface area contributed by atoms with E-state index in [2.05, 4.69) is 30.6 Å². The van der Waals surface area contributed by atoms with Crippen molar-refractivity contribution >= 4 is 12.3 Å². The summed E-state index contributed by atoms with van der Waals surface area (Å²) in [6.45, 7) is 7.39.